The first-order valence-corrected chi connectivity index (χ1v) is 7.76. The number of nitrogens with zero attached hydrogens (tertiary/aromatic N) is 1. The zero-order chi connectivity index (χ0) is 15.2. The van der Waals surface area contributed by atoms with Crippen molar-refractivity contribution in [1.29, 1.82) is 0 Å². The summed E-state index contributed by atoms with van der Waals surface area (Å²) >= 11 is 0. The lowest BCUT2D eigenvalue weighted by Crippen LogP contribution is -2.28. The summed E-state index contributed by atoms with van der Waals surface area (Å²) in [5.74, 6) is 0.536. The number of nitrogen functional groups attached to an aromatic ring is 1. The van der Waals surface area contributed by atoms with Gasteiger partial charge in [0.15, 0.2) is 6.61 Å². The summed E-state index contributed by atoms with van der Waals surface area (Å²) in [7, 11) is 0. The van der Waals surface area contributed by atoms with Crippen LogP contribution in [0, 0.1) is 0 Å². The summed E-state index contributed by atoms with van der Waals surface area (Å²) in [6, 6.07) is 3.75. The van der Waals surface area contributed by atoms with Crippen LogP contribution in [0.1, 0.15) is 39.5 Å². The van der Waals surface area contributed by atoms with Gasteiger partial charge < -0.3 is 20.7 Å². The number of rotatable bonds is 7. The maximum atomic E-state index is 11.5. The minimum absolute atomic E-state index is 0.0567. The van der Waals surface area contributed by atoms with Crippen molar-refractivity contribution in [2.24, 2.45) is 0 Å². The molecule has 116 valence electrons. The van der Waals surface area contributed by atoms with Crippen molar-refractivity contribution in [3.63, 3.8) is 0 Å². The Balaban J connectivity index is 2.26. The fraction of sp³-hybridized carbons (Fsp3) is 0.562. The molecule has 0 saturated heterocycles. The lowest BCUT2D eigenvalue weighted by molar-refractivity contribution is -0.118. The van der Waals surface area contributed by atoms with E-state index in [1.54, 1.807) is 0 Å². The summed E-state index contributed by atoms with van der Waals surface area (Å²) in [6.45, 7) is 6.38. The Bertz CT molecular complexity index is 495. The van der Waals surface area contributed by atoms with E-state index in [4.69, 9.17) is 10.5 Å². The van der Waals surface area contributed by atoms with Gasteiger partial charge >= 0.3 is 0 Å². The second-order valence-electron chi connectivity index (χ2n) is 5.44. The predicted molar refractivity (Wildman–Crippen MR) is 87.0 cm³/mol. The molecule has 0 spiro atoms. The zero-order valence-electron chi connectivity index (χ0n) is 12.9. The van der Waals surface area contributed by atoms with Crippen molar-refractivity contribution in [3.05, 3.63) is 12.1 Å². The van der Waals surface area contributed by atoms with Crippen LogP contribution in [0.2, 0.25) is 0 Å². The van der Waals surface area contributed by atoms with Gasteiger partial charge in [0.1, 0.15) is 5.75 Å². The van der Waals surface area contributed by atoms with Crippen molar-refractivity contribution < 1.29 is 9.53 Å². The van der Waals surface area contributed by atoms with Crippen LogP contribution in [-0.4, -0.2) is 25.6 Å². The summed E-state index contributed by atoms with van der Waals surface area (Å²) in [4.78, 5) is 13.8. The quantitative estimate of drug-likeness (QED) is 0.758. The van der Waals surface area contributed by atoms with Gasteiger partial charge in [-0.2, -0.15) is 0 Å². The molecule has 0 unspecified atom stereocenters. The molecule has 0 saturated carbocycles. The van der Waals surface area contributed by atoms with Crippen LogP contribution in [-0.2, 0) is 4.79 Å². The van der Waals surface area contributed by atoms with Gasteiger partial charge in [0, 0.05) is 19.2 Å². The SMILES string of the molecule is CCCCN(CCCC)c1cc2c(cc1N)OCC(=O)N2. The fourth-order valence-electron chi connectivity index (χ4n) is 2.46. The molecular weight excluding hydrogens is 266 g/mol. The molecule has 0 bridgehead atoms. The first kappa shape index (κ1) is 15.5. The highest BCUT2D eigenvalue weighted by atomic mass is 16.5. The number of carbonyl (C=O) groups is 1. The maximum Gasteiger partial charge on any atom is 0.262 e. The van der Waals surface area contributed by atoms with Crippen LogP contribution >= 0.6 is 0 Å². The summed E-state index contributed by atoms with van der Waals surface area (Å²) < 4.78 is 5.40. The number of ether oxygens (including phenoxy) is 1. The van der Waals surface area contributed by atoms with Crippen LogP contribution in [0.3, 0.4) is 0 Å². The number of amides is 1. The van der Waals surface area contributed by atoms with E-state index in [0.29, 0.717) is 17.1 Å². The lowest BCUT2D eigenvalue weighted by atomic mass is 10.1. The number of fused-ring (bicyclic) bond motifs is 1. The van der Waals surface area contributed by atoms with E-state index in [1.165, 1.54) is 0 Å². The minimum Gasteiger partial charge on any atom is -0.482 e. The second kappa shape index (κ2) is 7.20. The molecule has 1 heterocycles. The van der Waals surface area contributed by atoms with E-state index in [-0.39, 0.29) is 12.5 Å². The van der Waals surface area contributed by atoms with E-state index >= 15 is 0 Å². The molecular formula is C16H25N3O2. The highest BCUT2D eigenvalue weighted by molar-refractivity contribution is 5.97. The molecule has 2 rings (SSSR count). The normalized spacial score (nSPS) is 13.3. The molecule has 5 nitrogen and oxygen atoms in total. The first-order valence-electron chi connectivity index (χ1n) is 7.76. The predicted octanol–water partition coefficient (Wildman–Crippen LogP) is 3.01. The average Bonchev–Trinajstić information content (AvgIpc) is 2.47. The Kier molecular flexibility index (Phi) is 5.31. The number of unbranched alkanes of at least 4 members (excludes halogenated alkanes) is 2. The number of hydrogen-bond donors (Lipinski definition) is 2. The Morgan fingerprint density at radius 2 is 1.90 bits per heavy atom. The molecule has 0 aliphatic carbocycles. The van der Waals surface area contributed by atoms with Crippen molar-refractivity contribution in [3.8, 4) is 5.75 Å². The van der Waals surface area contributed by atoms with Crippen LogP contribution in [0.15, 0.2) is 12.1 Å². The van der Waals surface area contributed by atoms with Gasteiger partial charge in [0.25, 0.3) is 5.91 Å². The number of nitrogens with one attached hydrogen (secondary N) is 1. The smallest absolute Gasteiger partial charge is 0.262 e. The maximum absolute atomic E-state index is 11.5. The number of carbonyl (C=O) groups excluding carboxylic acids is 1. The van der Waals surface area contributed by atoms with Crippen LogP contribution in [0.5, 0.6) is 5.75 Å². The Morgan fingerprint density at radius 3 is 2.52 bits per heavy atom. The van der Waals surface area contributed by atoms with Gasteiger partial charge in [-0.3, -0.25) is 4.79 Å². The Hall–Kier alpha value is -1.91. The van der Waals surface area contributed by atoms with Gasteiger partial charge in [-0.05, 0) is 18.9 Å². The topological polar surface area (TPSA) is 67.6 Å². The molecule has 0 fully saturated rings. The van der Waals surface area contributed by atoms with Crippen LogP contribution < -0.4 is 20.7 Å². The van der Waals surface area contributed by atoms with Crippen molar-refractivity contribution >= 4 is 23.0 Å². The molecule has 1 aliphatic heterocycles. The molecule has 1 aromatic carbocycles. The van der Waals surface area contributed by atoms with Crippen molar-refractivity contribution in [1.82, 2.24) is 0 Å². The molecule has 3 N–H and O–H groups in total. The van der Waals surface area contributed by atoms with Crippen molar-refractivity contribution in [2.75, 3.05) is 35.6 Å². The van der Waals surface area contributed by atoms with E-state index in [1.807, 2.05) is 12.1 Å². The van der Waals surface area contributed by atoms with Gasteiger partial charge in [-0.1, -0.05) is 26.7 Å². The molecule has 1 aromatic rings. The third-order valence-corrected chi connectivity index (χ3v) is 3.67. The summed E-state index contributed by atoms with van der Waals surface area (Å²) in [5.41, 5.74) is 8.60. The number of anilines is 3. The molecule has 21 heavy (non-hydrogen) atoms. The number of nitrogens with two attached hydrogens (primary N) is 1. The van der Waals surface area contributed by atoms with Crippen LogP contribution in [0.25, 0.3) is 0 Å². The van der Waals surface area contributed by atoms with Gasteiger partial charge in [0.2, 0.25) is 0 Å². The summed E-state index contributed by atoms with van der Waals surface area (Å²) in [5, 5.41) is 2.85. The van der Waals surface area contributed by atoms with E-state index in [2.05, 4.69) is 24.1 Å². The third kappa shape index (κ3) is 3.80. The number of benzene rings is 1. The average molecular weight is 291 g/mol. The minimum atomic E-state index is -0.119. The molecule has 1 aliphatic rings. The lowest BCUT2D eigenvalue weighted by Gasteiger charge is -2.28. The monoisotopic (exact) mass is 291 g/mol. The van der Waals surface area contributed by atoms with E-state index < -0.39 is 0 Å². The molecule has 5 heteroatoms. The Morgan fingerprint density at radius 1 is 1.24 bits per heavy atom. The fourth-order valence-corrected chi connectivity index (χ4v) is 2.46. The zero-order valence-corrected chi connectivity index (χ0v) is 12.9. The van der Waals surface area contributed by atoms with E-state index in [9.17, 15) is 4.79 Å². The third-order valence-electron chi connectivity index (χ3n) is 3.67. The van der Waals surface area contributed by atoms with Gasteiger partial charge in [0.05, 0.1) is 17.1 Å². The van der Waals surface area contributed by atoms with Gasteiger partial charge in [-0.25, -0.2) is 0 Å². The molecule has 1 amide bonds. The summed E-state index contributed by atoms with van der Waals surface area (Å²) in [6.07, 6.45) is 4.55. The highest BCUT2D eigenvalue weighted by Gasteiger charge is 2.20. The van der Waals surface area contributed by atoms with E-state index in [0.717, 1.165) is 44.5 Å². The number of hydrogen-bond acceptors (Lipinski definition) is 4. The van der Waals surface area contributed by atoms with Gasteiger partial charge in [-0.15, -0.1) is 0 Å². The largest absolute Gasteiger partial charge is 0.482 e. The second-order valence-corrected chi connectivity index (χ2v) is 5.44. The molecule has 0 aromatic heterocycles. The molecule has 0 atom stereocenters. The Labute approximate surface area is 126 Å². The molecule has 0 radical (unpaired) electrons. The standard InChI is InChI=1S/C16H25N3O2/c1-3-5-7-19(8-6-4-2)14-10-13-15(9-12(14)17)21-11-16(20)18-13/h9-10H,3-8,11,17H2,1-2H3,(H,18,20). The first-order chi connectivity index (χ1) is 10.2. The van der Waals surface area contributed by atoms with Crippen LogP contribution in [0.4, 0.5) is 17.1 Å². The highest BCUT2D eigenvalue weighted by Crippen LogP contribution is 2.37. The van der Waals surface area contributed by atoms with Crippen molar-refractivity contribution in [2.45, 2.75) is 39.5 Å².